The van der Waals surface area contributed by atoms with E-state index in [0.29, 0.717) is 13.0 Å². The van der Waals surface area contributed by atoms with Gasteiger partial charge in [-0.25, -0.2) is 9.18 Å². The zero-order chi connectivity index (χ0) is 14.0. The molecule has 7 heteroatoms. The maximum absolute atomic E-state index is 13.1. The van der Waals surface area contributed by atoms with Crippen LogP contribution in [0.3, 0.4) is 0 Å². The fourth-order valence-electron chi connectivity index (χ4n) is 2.36. The molecule has 1 aromatic carbocycles. The van der Waals surface area contributed by atoms with Crippen molar-refractivity contribution in [3.8, 4) is 0 Å². The minimum Gasteiger partial charge on any atom is -0.480 e. The normalized spacial score (nSPS) is 19.2. The summed E-state index contributed by atoms with van der Waals surface area (Å²) in [6.45, 7) is 0.420. The summed E-state index contributed by atoms with van der Waals surface area (Å²) >= 11 is 0. The first-order chi connectivity index (χ1) is 9.00. The third-order valence-electron chi connectivity index (χ3n) is 3.23. The molecule has 1 aromatic rings. The molecule has 0 bridgehead atoms. The average Bonchev–Trinajstić information content (AvgIpc) is 2.38. The molecule has 0 aliphatic carbocycles. The van der Waals surface area contributed by atoms with E-state index in [4.69, 9.17) is 5.11 Å². The van der Waals surface area contributed by atoms with Crippen LogP contribution in [0.15, 0.2) is 18.2 Å². The molecule has 0 spiro atoms. The fraction of sp³-hybridized carbons (Fsp3) is 0.417. The van der Waals surface area contributed by atoms with Crippen molar-refractivity contribution in [3.63, 3.8) is 0 Å². The lowest BCUT2D eigenvalue weighted by molar-refractivity contribution is -0.384. The van der Waals surface area contributed by atoms with Crippen molar-refractivity contribution in [1.29, 1.82) is 0 Å². The topological polar surface area (TPSA) is 83.7 Å². The number of nitro groups is 1. The summed E-state index contributed by atoms with van der Waals surface area (Å²) in [5.74, 6) is -1.72. The van der Waals surface area contributed by atoms with Crippen molar-refractivity contribution in [2.75, 3.05) is 11.4 Å². The lowest BCUT2D eigenvalue weighted by Crippen LogP contribution is -2.45. The molecule has 6 nitrogen and oxygen atoms in total. The van der Waals surface area contributed by atoms with Crippen LogP contribution in [-0.4, -0.2) is 28.6 Å². The van der Waals surface area contributed by atoms with Crippen LogP contribution < -0.4 is 4.90 Å². The number of nitrogens with zero attached hydrogens (tertiary/aromatic N) is 2. The lowest BCUT2D eigenvalue weighted by atomic mass is 10.0. The second kappa shape index (κ2) is 5.21. The van der Waals surface area contributed by atoms with Gasteiger partial charge in [0.1, 0.15) is 17.5 Å². The van der Waals surface area contributed by atoms with Gasteiger partial charge in [-0.2, -0.15) is 0 Å². The Morgan fingerprint density at radius 1 is 1.47 bits per heavy atom. The maximum Gasteiger partial charge on any atom is 0.326 e. The number of hydrogen-bond donors (Lipinski definition) is 1. The van der Waals surface area contributed by atoms with Gasteiger partial charge >= 0.3 is 5.97 Å². The smallest absolute Gasteiger partial charge is 0.326 e. The Hall–Kier alpha value is -2.18. The summed E-state index contributed by atoms with van der Waals surface area (Å²) in [5, 5.41) is 20.1. The highest BCUT2D eigenvalue weighted by atomic mass is 19.1. The Morgan fingerprint density at radius 3 is 2.84 bits per heavy atom. The number of benzene rings is 1. The first kappa shape index (κ1) is 13.3. The van der Waals surface area contributed by atoms with E-state index in [1.54, 1.807) is 0 Å². The minimum atomic E-state index is -1.02. The number of nitro benzene ring substituents is 1. The zero-order valence-electron chi connectivity index (χ0n) is 10.1. The second-order valence-corrected chi connectivity index (χ2v) is 4.43. The molecule has 0 radical (unpaired) electrons. The van der Waals surface area contributed by atoms with Gasteiger partial charge in [-0.15, -0.1) is 0 Å². The summed E-state index contributed by atoms with van der Waals surface area (Å²) in [5.41, 5.74) is -0.230. The Balaban J connectivity index is 2.44. The zero-order valence-corrected chi connectivity index (χ0v) is 10.1. The van der Waals surface area contributed by atoms with Gasteiger partial charge in [-0.1, -0.05) is 0 Å². The lowest BCUT2D eigenvalue weighted by Gasteiger charge is -2.34. The van der Waals surface area contributed by atoms with Crippen molar-refractivity contribution in [2.24, 2.45) is 0 Å². The third-order valence-corrected chi connectivity index (χ3v) is 3.23. The number of piperidine rings is 1. The van der Waals surface area contributed by atoms with Crippen molar-refractivity contribution < 1.29 is 19.2 Å². The van der Waals surface area contributed by atoms with Crippen LogP contribution in [0.1, 0.15) is 19.3 Å². The Bertz CT molecular complexity index is 520. The number of rotatable bonds is 3. The molecule has 1 heterocycles. The SMILES string of the molecule is O=C(O)C1CCCCN1c1ccc(F)cc1[N+](=O)[O-]. The van der Waals surface area contributed by atoms with Gasteiger partial charge in [0.2, 0.25) is 0 Å². The molecule has 0 saturated carbocycles. The van der Waals surface area contributed by atoms with E-state index in [1.807, 2.05) is 0 Å². The molecule has 1 N–H and O–H groups in total. The van der Waals surface area contributed by atoms with Gasteiger partial charge < -0.3 is 10.0 Å². The van der Waals surface area contributed by atoms with Gasteiger partial charge in [0.25, 0.3) is 5.69 Å². The highest BCUT2D eigenvalue weighted by Gasteiger charge is 2.32. The largest absolute Gasteiger partial charge is 0.480 e. The van der Waals surface area contributed by atoms with E-state index in [2.05, 4.69) is 0 Å². The third kappa shape index (κ3) is 2.64. The summed E-state index contributed by atoms with van der Waals surface area (Å²) in [7, 11) is 0. The molecular formula is C12H13FN2O4. The molecule has 0 aromatic heterocycles. The number of carboxylic acids is 1. The predicted octanol–water partition coefficient (Wildman–Crippen LogP) is 2.18. The molecule has 1 unspecified atom stereocenters. The predicted molar refractivity (Wildman–Crippen MR) is 65.7 cm³/mol. The maximum atomic E-state index is 13.1. The minimum absolute atomic E-state index is 0.165. The van der Waals surface area contributed by atoms with E-state index < -0.39 is 28.4 Å². The van der Waals surface area contributed by atoms with Crippen molar-refractivity contribution in [2.45, 2.75) is 25.3 Å². The number of halogens is 1. The molecule has 19 heavy (non-hydrogen) atoms. The summed E-state index contributed by atoms with van der Waals surface area (Å²) in [6, 6.07) is 2.41. The molecule has 0 amide bonds. The number of anilines is 1. The van der Waals surface area contributed by atoms with Crippen molar-refractivity contribution >= 4 is 17.3 Å². The van der Waals surface area contributed by atoms with Crippen molar-refractivity contribution in [3.05, 3.63) is 34.1 Å². The molecular weight excluding hydrogens is 255 g/mol. The average molecular weight is 268 g/mol. The van der Waals surface area contributed by atoms with Gasteiger partial charge in [0.15, 0.2) is 0 Å². The van der Waals surface area contributed by atoms with Crippen LogP contribution in [0, 0.1) is 15.9 Å². The summed E-state index contributed by atoms with van der Waals surface area (Å²) in [4.78, 5) is 22.9. The van der Waals surface area contributed by atoms with E-state index >= 15 is 0 Å². The number of aliphatic carboxylic acids is 1. The van der Waals surface area contributed by atoms with E-state index in [-0.39, 0.29) is 5.69 Å². The number of hydrogen-bond acceptors (Lipinski definition) is 4. The van der Waals surface area contributed by atoms with Crippen LogP contribution in [-0.2, 0) is 4.79 Å². The first-order valence-corrected chi connectivity index (χ1v) is 5.94. The van der Waals surface area contributed by atoms with Crippen LogP contribution in [0.2, 0.25) is 0 Å². The quantitative estimate of drug-likeness (QED) is 0.671. The molecule has 1 atom stereocenters. The van der Waals surface area contributed by atoms with Crippen LogP contribution >= 0.6 is 0 Å². The Kier molecular flexibility index (Phi) is 3.64. The van der Waals surface area contributed by atoms with Gasteiger partial charge in [-0.05, 0) is 31.4 Å². The molecule has 1 aliphatic rings. The molecule has 102 valence electrons. The molecule has 1 saturated heterocycles. The second-order valence-electron chi connectivity index (χ2n) is 4.43. The number of carboxylic acid groups (broad SMARTS) is 1. The van der Waals surface area contributed by atoms with E-state index in [0.717, 1.165) is 25.0 Å². The van der Waals surface area contributed by atoms with Crippen LogP contribution in [0.25, 0.3) is 0 Å². The highest BCUT2D eigenvalue weighted by molar-refractivity contribution is 5.80. The fourth-order valence-corrected chi connectivity index (χ4v) is 2.36. The Morgan fingerprint density at radius 2 is 2.21 bits per heavy atom. The van der Waals surface area contributed by atoms with Crippen molar-refractivity contribution in [1.82, 2.24) is 0 Å². The highest BCUT2D eigenvalue weighted by Crippen LogP contribution is 2.33. The number of carbonyl (C=O) groups is 1. The van der Waals surface area contributed by atoms with Crippen LogP contribution in [0.5, 0.6) is 0 Å². The molecule has 1 aliphatic heterocycles. The molecule has 2 rings (SSSR count). The van der Waals surface area contributed by atoms with E-state index in [9.17, 15) is 19.3 Å². The van der Waals surface area contributed by atoms with Gasteiger partial charge in [-0.3, -0.25) is 10.1 Å². The standard InChI is InChI=1S/C12H13FN2O4/c13-8-4-5-9(11(7-8)15(18)19)14-6-2-1-3-10(14)12(16)17/h4-5,7,10H,1-3,6H2,(H,16,17). The van der Waals surface area contributed by atoms with E-state index in [1.165, 1.54) is 11.0 Å². The van der Waals surface area contributed by atoms with Gasteiger partial charge in [0, 0.05) is 6.54 Å². The van der Waals surface area contributed by atoms with Gasteiger partial charge in [0.05, 0.1) is 11.0 Å². The van der Waals surface area contributed by atoms with Crippen LogP contribution in [0.4, 0.5) is 15.8 Å². The first-order valence-electron chi connectivity index (χ1n) is 5.94. The monoisotopic (exact) mass is 268 g/mol. The molecule has 1 fully saturated rings. The Labute approximate surface area is 108 Å². The summed E-state index contributed by atoms with van der Waals surface area (Å²) in [6.07, 6.45) is 1.96. The summed E-state index contributed by atoms with van der Waals surface area (Å²) < 4.78 is 13.1.